The summed E-state index contributed by atoms with van der Waals surface area (Å²) in [6, 6.07) is 2.41. The van der Waals surface area contributed by atoms with Crippen molar-refractivity contribution in [3.63, 3.8) is 0 Å². The lowest BCUT2D eigenvalue weighted by Crippen LogP contribution is -2.06. The first-order chi connectivity index (χ1) is 7.24. The fourth-order valence-corrected chi connectivity index (χ4v) is 1.70. The second-order valence-corrected chi connectivity index (χ2v) is 3.92. The second-order valence-electron chi connectivity index (χ2n) is 3.92. The summed E-state index contributed by atoms with van der Waals surface area (Å²) >= 11 is 0. The minimum Gasteiger partial charge on any atom is -0.316 e. The average Bonchev–Trinajstić information content (AvgIpc) is 2.62. The van der Waals surface area contributed by atoms with Crippen LogP contribution in [-0.2, 0) is 6.54 Å². The Hall–Kier alpha value is -1.42. The molecule has 80 valence electrons. The average molecular weight is 204 g/mol. The molecule has 0 saturated heterocycles. The van der Waals surface area contributed by atoms with Crippen molar-refractivity contribution >= 4 is 11.2 Å². The van der Waals surface area contributed by atoms with Crippen LogP contribution in [0.1, 0.15) is 25.5 Å². The lowest BCUT2D eigenvalue weighted by Gasteiger charge is -2.07. The van der Waals surface area contributed by atoms with Crippen molar-refractivity contribution in [3.05, 3.63) is 24.2 Å². The van der Waals surface area contributed by atoms with Crippen LogP contribution in [0.25, 0.3) is 11.2 Å². The summed E-state index contributed by atoms with van der Waals surface area (Å²) in [6.45, 7) is 5.09. The molecule has 0 amide bonds. The summed E-state index contributed by atoms with van der Waals surface area (Å²) in [5.41, 5.74) is 3.17. The van der Waals surface area contributed by atoms with E-state index in [9.17, 15) is 0 Å². The zero-order valence-electron chi connectivity index (χ0n) is 9.36. The van der Waals surface area contributed by atoms with Crippen LogP contribution in [0.3, 0.4) is 0 Å². The molecule has 0 bridgehead atoms. The van der Waals surface area contributed by atoms with Crippen molar-refractivity contribution in [2.24, 2.45) is 0 Å². The van der Waals surface area contributed by atoms with Gasteiger partial charge >= 0.3 is 0 Å². The van der Waals surface area contributed by atoms with Crippen LogP contribution in [0.4, 0.5) is 0 Å². The first-order valence-electron chi connectivity index (χ1n) is 5.19. The summed E-state index contributed by atoms with van der Waals surface area (Å²) in [5.74, 6) is 0. The van der Waals surface area contributed by atoms with Gasteiger partial charge in [-0.25, -0.2) is 9.97 Å². The van der Waals surface area contributed by atoms with Crippen LogP contribution in [0, 0.1) is 0 Å². The number of nitrogens with one attached hydrogen (secondary N) is 1. The molecule has 0 atom stereocenters. The zero-order valence-corrected chi connectivity index (χ0v) is 9.36. The van der Waals surface area contributed by atoms with E-state index in [-0.39, 0.29) is 0 Å². The number of hydrogen-bond acceptors (Lipinski definition) is 3. The van der Waals surface area contributed by atoms with E-state index >= 15 is 0 Å². The zero-order chi connectivity index (χ0) is 10.8. The maximum atomic E-state index is 4.42. The molecule has 0 aliphatic carbocycles. The Morgan fingerprint density at radius 1 is 1.40 bits per heavy atom. The van der Waals surface area contributed by atoms with E-state index in [4.69, 9.17) is 0 Å². The van der Waals surface area contributed by atoms with Crippen molar-refractivity contribution in [1.29, 1.82) is 0 Å². The van der Waals surface area contributed by atoms with Gasteiger partial charge in [-0.3, -0.25) is 0 Å². The van der Waals surface area contributed by atoms with E-state index in [1.807, 2.05) is 25.6 Å². The Bertz CT molecular complexity index is 459. The van der Waals surface area contributed by atoms with Crippen molar-refractivity contribution in [2.45, 2.75) is 26.4 Å². The number of fused-ring (bicyclic) bond motifs is 1. The summed E-state index contributed by atoms with van der Waals surface area (Å²) < 4.78 is 2.09. The minimum atomic E-state index is 0.396. The fraction of sp³-hybridized carbons (Fsp3) is 0.455. The molecule has 2 aromatic heterocycles. The van der Waals surface area contributed by atoms with Gasteiger partial charge in [-0.2, -0.15) is 0 Å². The molecular weight excluding hydrogens is 188 g/mol. The molecule has 4 heteroatoms. The predicted molar refractivity (Wildman–Crippen MR) is 60.7 cm³/mol. The summed E-state index contributed by atoms with van der Waals surface area (Å²) in [7, 11) is 1.94. The van der Waals surface area contributed by atoms with Gasteiger partial charge in [0.25, 0.3) is 0 Å². The SMILES string of the molecule is CNCc1ccnc2c1ncn2C(C)C. The molecule has 4 nitrogen and oxygen atoms in total. The van der Waals surface area contributed by atoms with Gasteiger partial charge in [-0.15, -0.1) is 0 Å². The molecule has 2 heterocycles. The maximum absolute atomic E-state index is 4.42. The van der Waals surface area contributed by atoms with Gasteiger partial charge in [0.15, 0.2) is 5.65 Å². The third-order valence-corrected chi connectivity index (χ3v) is 2.47. The van der Waals surface area contributed by atoms with E-state index in [0.29, 0.717) is 6.04 Å². The van der Waals surface area contributed by atoms with Crippen molar-refractivity contribution < 1.29 is 0 Å². The van der Waals surface area contributed by atoms with Gasteiger partial charge in [0.1, 0.15) is 5.52 Å². The van der Waals surface area contributed by atoms with E-state index in [1.165, 1.54) is 5.56 Å². The molecule has 0 unspecified atom stereocenters. The van der Waals surface area contributed by atoms with Crippen LogP contribution in [0.15, 0.2) is 18.6 Å². The number of aromatic nitrogens is 3. The number of hydrogen-bond donors (Lipinski definition) is 1. The Kier molecular flexibility index (Phi) is 2.68. The maximum Gasteiger partial charge on any atom is 0.160 e. The molecule has 0 fully saturated rings. The monoisotopic (exact) mass is 204 g/mol. The van der Waals surface area contributed by atoms with Gasteiger partial charge in [0.05, 0.1) is 6.33 Å². The molecule has 15 heavy (non-hydrogen) atoms. The molecule has 2 rings (SSSR count). The van der Waals surface area contributed by atoms with Crippen LogP contribution < -0.4 is 5.32 Å². The minimum absolute atomic E-state index is 0.396. The molecule has 2 aromatic rings. The van der Waals surface area contributed by atoms with Gasteiger partial charge in [0, 0.05) is 18.8 Å². The van der Waals surface area contributed by atoms with Crippen molar-refractivity contribution in [3.8, 4) is 0 Å². The largest absolute Gasteiger partial charge is 0.316 e. The Labute approximate surface area is 89.3 Å². The predicted octanol–water partition coefficient (Wildman–Crippen LogP) is 1.73. The number of nitrogens with zero attached hydrogens (tertiary/aromatic N) is 3. The molecule has 1 N–H and O–H groups in total. The number of imidazole rings is 1. The molecule has 0 aliphatic heterocycles. The van der Waals surface area contributed by atoms with E-state index in [2.05, 4.69) is 33.7 Å². The third kappa shape index (κ3) is 1.72. The van der Waals surface area contributed by atoms with Gasteiger partial charge < -0.3 is 9.88 Å². The van der Waals surface area contributed by atoms with Crippen LogP contribution in [0.2, 0.25) is 0 Å². The summed E-state index contributed by atoms with van der Waals surface area (Å²) in [4.78, 5) is 8.80. The van der Waals surface area contributed by atoms with Crippen molar-refractivity contribution in [1.82, 2.24) is 19.9 Å². The Morgan fingerprint density at radius 2 is 2.20 bits per heavy atom. The van der Waals surface area contributed by atoms with Gasteiger partial charge in [-0.1, -0.05) is 0 Å². The van der Waals surface area contributed by atoms with E-state index in [0.717, 1.165) is 17.7 Å². The smallest absolute Gasteiger partial charge is 0.160 e. The molecule has 0 aromatic carbocycles. The topological polar surface area (TPSA) is 42.7 Å². The van der Waals surface area contributed by atoms with Gasteiger partial charge in [-0.05, 0) is 32.5 Å². The standard InChI is InChI=1S/C11H16N4/c1-8(2)15-7-14-10-9(6-12-3)4-5-13-11(10)15/h4-5,7-8,12H,6H2,1-3H3. The molecule has 0 radical (unpaired) electrons. The molecule has 0 spiro atoms. The van der Waals surface area contributed by atoms with Crippen molar-refractivity contribution in [2.75, 3.05) is 7.05 Å². The highest BCUT2D eigenvalue weighted by Gasteiger charge is 2.09. The van der Waals surface area contributed by atoms with E-state index < -0.39 is 0 Å². The summed E-state index contributed by atoms with van der Waals surface area (Å²) in [6.07, 6.45) is 3.71. The van der Waals surface area contributed by atoms with Crippen LogP contribution in [-0.4, -0.2) is 21.6 Å². The lowest BCUT2D eigenvalue weighted by atomic mass is 10.2. The first-order valence-corrected chi connectivity index (χ1v) is 5.19. The highest BCUT2D eigenvalue weighted by Crippen LogP contribution is 2.18. The third-order valence-electron chi connectivity index (χ3n) is 2.47. The van der Waals surface area contributed by atoms with Crippen LogP contribution in [0.5, 0.6) is 0 Å². The normalized spacial score (nSPS) is 11.5. The highest BCUT2D eigenvalue weighted by atomic mass is 15.1. The molecular formula is C11H16N4. The quantitative estimate of drug-likeness (QED) is 0.828. The Balaban J connectivity index is 2.58. The number of pyridine rings is 1. The molecule has 0 saturated carbocycles. The molecule has 0 aliphatic rings. The number of rotatable bonds is 3. The fourth-order valence-electron chi connectivity index (χ4n) is 1.70. The van der Waals surface area contributed by atoms with Crippen LogP contribution >= 0.6 is 0 Å². The van der Waals surface area contributed by atoms with Gasteiger partial charge in [0.2, 0.25) is 0 Å². The van der Waals surface area contributed by atoms with E-state index in [1.54, 1.807) is 0 Å². The lowest BCUT2D eigenvalue weighted by molar-refractivity contribution is 0.613. The first kappa shape index (κ1) is 10.1. The highest BCUT2D eigenvalue weighted by molar-refractivity contribution is 5.74. The second kappa shape index (κ2) is 3.98. The summed E-state index contributed by atoms with van der Waals surface area (Å²) in [5, 5.41) is 3.14. The Morgan fingerprint density at radius 3 is 2.87 bits per heavy atom.